The first-order valence-electron chi connectivity index (χ1n) is 9.00. The lowest BCUT2D eigenvalue weighted by Crippen LogP contribution is -2.45. The molecular weight excluding hydrogens is 296 g/mol. The van der Waals surface area contributed by atoms with Crippen LogP contribution in [0.15, 0.2) is 54.6 Å². The Balaban J connectivity index is 1.69. The molecule has 2 unspecified atom stereocenters. The Hall–Kier alpha value is -1.84. The molecule has 0 radical (unpaired) electrons. The lowest BCUT2D eigenvalue weighted by molar-refractivity contribution is 0.238. The van der Waals surface area contributed by atoms with Crippen molar-refractivity contribution in [2.75, 3.05) is 6.54 Å². The highest BCUT2D eigenvalue weighted by Gasteiger charge is 2.25. The summed E-state index contributed by atoms with van der Waals surface area (Å²) in [6.45, 7) is 6.06. The lowest BCUT2D eigenvalue weighted by Gasteiger charge is -2.34. The number of hydrogen-bond acceptors (Lipinski definition) is 3. The number of piperidine rings is 1. The molecule has 1 fully saturated rings. The molecule has 2 N–H and O–H groups in total. The third-order valence-corrected chi connectivity index (χ3v) is 4.51. The van der Waals surface area contributed by atoms with Crippen LogP contribution in [-0.4, -0.2) is 18.7 Å². The molecule has 1 heterocycles. The molecule has 0 bridgehead atoms. The van der Waals surface area contributed by atoms with Crippen LogP contribution in [0.5, 0.6) is 5.75 Å². The Morgan fingerprint density at radius 3 is 2.62 bits per heavy atom. The second-order valence-electron chi connectivity index (χ2n) is 6.75. The van der Waals surface area contributed by atoms with Crippen molar-refractivity contribution in [2.24, 2.45) is 0 Å². The van der Waals surface area contributed by atoms with Crippen LogP contribution in [0, 0.1) is 0 Å². The highest BCUT2D eigenvalue weighted by Crippen LogP contribution is 2.25. The average Bonchev–Trinajstić information content (AvgIpc) is 2.61. The fourth-order valence-corrected chi connectivity index (χ4v) is 3.38. The topological polar surface area (TPSA) is 33.3 Å². The zero-order valence-corrected chi connectivity index (χ0v) is 14.7. The SMILES string of the molecule is CC(C)Oc1ccccc1CNC1CCCNC1c1ccccc1. The maximum Gasteiger partial charge on any atom is 0.124 e. The molecule has 2 atom stereocenters. The minimum Gasteiger partial charge on any atom is -0.491 e. The number of ether oxygens (including phenoxy) is 1. The van der Waals surface area contributed by atoms with Crippen LogP contribution in [0.1, 0.15) is 43.9 Å². The Morgan fingerprint density at radius 1 is 1.08 bits per heavy atom. The van der Waals surface area contributed by atoms with Gasteiger partial charge in [-0.05, 0) is 44.9 Å². The van der Waals surface area contributed by atoms with Gasteiger partial charge in [0.2, 0.25) is 0 Å². The number of hydrogen-bond donors (Lipinski definition) is 2. The summed E-state index contributed by atoms with van der Waals surface area (Å²) in [5.41, 5.74) is 2.59. The second-order valence-corrected chi connectivity index (χ2v) is 6.75. The van der Waals surface area contributed by atoms with Crippen molar-refractivity contribution in [1.29, 1.82) is 0 Å². The van der Waals surface area contributed by atoms with Gasteiger partial charge >= 0.3 is 0 Å². The van der Waals surface area contributed by atoms with Crippen molar-refractivity contribution < 1.29 is 4.74 Å². The summed E-state index contributed by atoms with van der Waals surface area (Å²) >= 11 is 0. The quantitative estimate of drug-likeness (QED) is 0.841. The summed E-state index contributed by atoms with van der Waals surface area (Å²) in [4.78, 5) is 0. The van der Waals surface area contributed by atoms with Gasteiger partial charge in [0.1, 0.15) is 5.75 Å². The monoisotopic (exact) mass is 324 g/mol. The zero-order chi connectivity index (χ0) is 16.8. The predicted octanol–water partition coefficient (Wildman–Crippen LogP) is 4.06. The standard InChI is InChI=1S/C21H28N2O/c1-16(2)24-20-13-7-6-11-18(20)15-23-19-12-8-14-22-21(19)17-9-4-3-5-10-17/h3-7,9-11,13,16,19,21-23H,8,12,14-15H2,1-2H3. The molecule has 2 aromatic carbocycles. The van der Waals surface area contributed by atoms with Gasteiger partial charge in [0.05, 0.1) is 6.10 Å². The molecule has 3 heteroatoms. The number of benzene rings is 2. The Kier molecular flexibility index (Phi) is 5.89. The van der Waals surface area contributed by atoms with Crippen LogP contribution in [0.25, 0.3) is 0 Å². The molecule has 0 aromatic heterocycles. The van der Waals surface area contributed by atoms with Gasteiger partial charge in [-0.1, -0.05) is 48.5 Å². The predicted molar refractivity (Wildman–Crippen MR) is 99.3 cm³/mol. The zero-order valence-electron chi connectivity index (χ0n) is 14.7. The van der Waals surface area contributed by atoms with Crippen LogP contribution in [0.3, 0.4) is 0 Å². The molecule has 3 rings (SSSR count). The van der Waals surface area contributed by atoms with Gasteiger partial charge < -0.3 is 15.4 Å². The summed E-state index contributed by atoms with van der Waals surface area (Å²) in [7, 11) is 0. The Labute approximate surface area is 145 Å². The Morgan fingerprint density at radius 2 is 1.83 bits per heavy atom. The summed E-state index contributed by atoms with van der Waals surface area (Å²) in [5.74, 6) is 0.986. The largest absolute Gasteiger partial charge is 0.491 e. The normalized spacial score (nSPS) is 21.0. The summed E-state index contributed by atoms with van der Waals surface area (Å²) in [5, 5.41) is 7.43. The van der Waals surface area contributed by atoms with E-state index < -0.39 is 0 Å². The van der Waals surface area contributed by atoms with Gasteiger partial charge in [0.25, 0.3) is 0 Å². The van der Waals surface area contributed by atoms with Crippen LogP contribution < -0.4 is 15.4 Å². The van der Waals surface area contributed by atoms with Crippen LogP contribution in [0.2, 0.25) is 0 Å². The second kappa shape index (κ2) is 8.32. The molecular formula is C21H28N2O. The van der Waals surface area contributed by atoms with Gasteiger partial charge in [0.15, 0.2) is 0 Å². The third kappa shape index (κ3) is 4.37. The molecule has 0 aliphatic carbocycles. The van der Waals surface area contributed by atoms with Gasteiger partial charge in [-0.3, -0.25) is 0 Å². The van der Waals surface area contributed by atoms with E-state index in [1.54, 1.807) is 0 Å². The van der Waals surface area contributed by atoms with Crippen molar-refractivity contribution in [1.82, 2.24) is 10.6 Å². The van der Waals surface area contributed by atoms with Crippen molar-refractivity contribution in [2.45, 2.75) is 51.4 Å². The van der Waals surface area contributed by atoms with E-state index in [4.69, 9.17) is 4.74 Å². The molecule has 1 saturated heterocycles. The van der Waals surface area contributed by atoms with Gasteiger partial charge in [-0.2, -0.15) is 0 Å². The summed E-state index contributed by atoms with van der Waals surface area (Å²) < 4.78 is 5.94. The van der Waals surface area contributed by atoms with Crippen LogP contribution in [0.4, 0.5) is 0 Å². The van der Waals surface area contributed by atoms with Crippen molar-refractivity contribution in [3.8, 4) is 5.75 Å². The molecule has 0 amide bonds. The van der Waals surface area contributed by atoms with E-state index in [1.807, 2.05) is 6.07 Å². The van der Waals surface area contributed by atoms with E-state index in [0.717, 1.165) is 18.8 Å². The highest BCUT2D eigenvalue weighted by atomic mass is 16.5. The van der Waals surface area contributed by atoms with E-state index in [1.165, 1.54) is 24.0 Å². The smallest absolute Gasteiger partial charge is 0.124 e. The minimum atomic E-state index is 0.194. The first kappa shape index (κ1) is 17.0. The van der Waals surface area contributed by atoms with E-state index >= 15 is 0 Å². The Bertz CT molecular complexity index is 627. The minimum absolute atomic E-state index is 0.194. The van der Waals surface area contributed by atoms with Crippen molar-refractivity contribution in [3.05, 3.63) is 65.7 Å². The van der Waals surface area contributed by atoms with Crippen LogP contribution >= 0.6 is 0 Å². The molecule has 2 aromatic rings. The molecule has 0 saturated carbocycles. The van der Waals surface area contributed by atoms with Gasteiger partial charge in [-0.25, -0.2) is 0 Å². The maximum absolute atomic E-state index is 5.94. The highest BCUT2D eigenvalue weighted by molar-refractivity contribution is 5.33. The van der Waals surface area contributed by atoms with Crippen molar-refractivity contribution >= 4 is 0 Å². The summed E-state index contributed by atoms with van der Waals surface area (Å²) in [6.07, 6.45) is 2.60. The lowest BCUT2D eigenvalue weighted by atomic mass is 9.92. The molecule has 128 valence electrons. The number of para-hydroxylation sites is 1. The molecule has 0 spiro atoms. The van der Waals surface area contributed by atoms with E-state index in [-0.39, 0.29) is 6.10 Å². The third-order valence-electron chi connectivity index (χ3n) is 4.51. The van der Waals surface area contributed by atoms with E-state index in [0.29, 0.717) is 12.1 Å². The van der Waals surface area contributed by atoms with Gasteiger partial charge in [0, 0.05) is 24.2 Å². The summed E-state index contributed by atoms with van der Waals surface area (Å²) in [6, 6.07) is 19.9. The molecule has 24 heavy (non-hydrogen) atoms. The van der Waals surface area contributed by atoms with Gasteiger partial charge in [-0.15, -0.1) is 0 Å². The van der Waals surface area contributed by atoms with E-state index in [2.05, 4.69) is 73.0 Å². The molecule has 1 aliphatic heterocycles. The number of nitrogens with one attached hydrogen (secondary N) is 2. The molecule has 3 nitrogen and oxygen atoms in total. The maximum atomic E-state index is 5.94. The van der Waals surface area contributed by atoms with Crippen LogP contribution in [-0.2, 0) is 6.54 Å². The first-order valence-corrected chi connectivity index (χ1v) is 9.00. The van der Waals surface area contributed by atoms with E-state index in [9.17, 15) is 0 Å². The fourth-order valence-electron chi connectivity index (χ4n) is 3.38. The fraction of sp³-hybridized carbons (Fsp3) is 0.429. The first-order chi connectivity index (χ1) is 11.7. The molecule has 1 aliphatic rings. The van der Waals surface area contributed by atoms with Crippen molar-refractivity contribution in [3.63, 3.8) is 0 Å². The number of rotatable bonds is 6. The average molecular weight is 324 g/mol.